The van der Waals surface area contributed by atoms with Crippen molar-refractivity contribution in [2.45, 2.75) is 6.54 Å². The quantitative estimate of drug-likeness (QED) is 0.825. The molecule has 0 radical (unpaired) electrons. The molecule has 0 aliphatic carbocycles. The summed E-state index contributed by atoms with van der Waals surface area (Å²) in [5, 5.41) is 9.16. The van der Waals surface area contributed by atoms with Gasteiger partial charge in [-0.3, -0.25) is 14.6 Å². The molecule has 0 bridgehead atoms. The lowest BCUT2D eigenvalue weighted by atomic mass is 10.1. The van der Waals surface area contributed by atoms with E-state index in [0.29, 0.717) is 12.1 Å². The Labute approximate surface area is 128 Å². The van der Waals surface area contributed by atoms with Gasteiger partial charge in [-0.2, -0.15) is 0 Å². The largest absolute Gasteiger partial charge is 0.395 e. The van der Waals surface area contributed by atoms with Crippen molar-refractivity contribution in [1.82, 2.24) is 9.88 Å². The van der Waals surface area contributed by atoms with Gasteiger partial charge in [0.25, 0.3) is 11.8 Å². The summed E-state index contributed by atoms with van der Waals surface area (Å²) in [5.74, 6) is -0.906. The Morgan fingerprint density at radius 2 is 1.86 bits per heavy atom. The number of primary amides is 1. The summed E-state index contributed by atoms with van der Waals surface area (Å²) in [4.78, 5) is 28.9. The number of aliphatic hydroxyl groups is 1. The first-order valence-corrected chi connectivity index (χ1v) is 6.81. The maximum Gasteiger partial charge on any atom is 0.267 e. The molecule has 1 aromatic carbocycles. The minimum Gasteiger partial charge on any atom is -0.395 e. The van der Waals surface area contributed by atoms with Crippen molar-refractivity contribution < 1.29 is 14.7 Å². The van der Waals surface area contributed by atoms with E-state index < -0.39 is 5.91 Å². The standard InChI is InChI=1S/C16H17N3O3/c17-15(21)14-7-6-13(10-18-14)16(22)19(8-9-20)11-12-4-2-1-3-5-12/h1-7,10,20H,8-9,11H2,(H2,17,21). The Bertz CT molecular complexity index is 641. The maximum absolute atomic E-state index is 12.5. The SMILES string of the molecule is NC(=O)c1ccc(C(=O)N(CCO)Cc2ccccc2)cn1. The molecule has 2 aromatic rings. The van der Waals surface area contributed by atoms with Crippen LogP contribution in [-0.4, -0.2) is 40.0 Å². The summed E-state index contributed by atoms with van der Waals surface area (Å²) in [5.41, 5.74) is 6.53. The first-order valence-electron chi connectivity index (χ1n) is 6.81. The number of nitrogens with two attached hydrogens (primary N) is 1. The molecule has 1 aromatic heterocycles. The maximum atomic E-state index is 12.5. The highest BCUT2D eigenvalue weighted by atomic mass is 16.3. The molecule has 0 atom stereocenters. The number of hydrogen-bond acceptors (Lipinski definition) is 4. The van der Waals surface area contributed by atoms with Crippen LogP contribution in [0.25, 0.3) is 0 Å². The fraction of sp³-hybridized carbons (Fsp3) is 0.188. The van der Waals surface area contributed by atoms with Crippen molar-refractivity contribution in [1.29, 1.82) is 0 Å². The van der Waals surface area contributed by atoms with Gasteiger partial charge < -0.3 is 15.7 Å². The fourth-order valence-electron chi connectivity index (χ4n) is 2.03. The summed E-state index contributed by atoms with van der Waals surface area (Å²) >= 11 is 0. The lowest BCUT2D eigenvalue weighted by Crippen LogP contribution is -2.33. The number of rotatable bonds is 6. The van der Waals surface area contributed by atoms with Crippen LogP contribution in [0.4, 0.5) is 0 Å². The lowest BCUT2D eigenvalue weighted by molar-refractivity contribution is 0.0707. The van der Waals surface area contributed by atoms with Gasteiger partial charge >= 0.3 is 0 Å². The molecule has 0 saturated heterocycles. The van der Waals surface area contributed by atoms with E-state index in [9.17, 15) is 9.59 Å². The molecule has 0 fully saturated rings. The van der Waals surface area contributed by atoms with Crippen LogP contribution in [0, 0.1) is 0 Å². The Kier molecular flexibility index (Phi) is 5.21. The molecule has 6 nitrogen and oxygen atoms in total. The molecule has 114 valence electrons. The zero-order valence-electron chi connectivity index (χ0n) is 12.0. The Morgan fingerprint density at radius 1 is 1.14 bits per heavy atom. The highest BCUT2D eigenvalue weighted by molar-refractivity contribution is 5.95. The van der Waals surface area contributed by atoms with Crippen LogP contribution in [0.5, 0.6) is 0 Å². The number of pyridine rings is 1. The molecule has 2 rings (SSSR count). The highest BCUT2D eigenvalue weighted by Gasteiger charge is 2.16. The molecular weight excluding hydrogens is 282 g/mol. The number of carbonyl (C=O) groups is 2. The van der Waals surface area contributed by atoms with Crippen molar-refractivity contribution in [2.24, 2.45) is 5.73 Å². The molecule has 0 aliphatic rings. The number of aliphatic hydroxyl groups excluding tert-OH is 1. The third-order valence-corrected chi connectivity index (χ3v) is 3.14. The van der Waals surface area contributed by atoms with Gasteiger partial charge in [-0.25, -0.2) is 0 Å². The smallest absolute Gasteiger partial charge is 0.267 e. The van der Waals surface area contributed by atoms with Gasteiger partial charge in [0, 0.05) is 19.3 Å². The van der Waals surface area contributed by atoms with Crippen LogP contribution < -0.4 is 5.73 Å². The highest BCUT2D eigenvalue weighted by Crippen LogP contribution is 2.10. The number of carbonyl (C=O) groups excluding carboxylic acids is 2. The summed E-state index contributed by atoms with van der Waals surface area (Å²) in [6.07, 6.45) is 1.32. The van der Waals surface area contributed by atoms with E-state index in [1.54, 1.807) is 0 Å². The lowest BCUT2D eigenvalue weighted by Gasteiger charge is -2.22. The molecule has 2 amide bonds. The molecule has 3 N–H and O–H groups in total. The second-order valence-electron chi connectivity index (χ2n) is 4.73. The van der Waals surface area contributed by atoms with Crippen LogP contribution in [0.3, 0.4) is 0 Å². The number of hydrogen-bond donors (Lipinski definition) is 2. The number of aromatic nitrogens is 1. The zero-order chi connectivity index (χ0) is 15.9. The van der Waals surface area contributed by atoms with Crippen molar-refractivity contribution in [3.05, 3.63) is 65.5 Å². The average molecular weight is 299 g/mol. The van der Waals surface area contributed by atoms with Crippen LogP contribution in [0.1, 0.15) is 26.4 Å². The number of benzene rings is 1. The minimum absolute atomic E-state index is 0.105. The summed E-state index contributed by atoms with van der Waals surface area (Å²) in [6, 6.07) is 12.4. The van der Waals surface area contributed by atoms with Crippen LogP contribution in [0.2, 0.25) is 0 Å². The Morgan fingerprint density at radius 3 is 2.41 bits per heavy atom. The van der Waals surface area contributed by atoms with E-state index in [-0.39, 0.29) is 24.8 Å². The molecule has 6 heteroatoms. The van der Waals surface area contributed by atoms with E-state index in [1.165, 1.54) is 23.2 Å². The molecular formula is C16H17N3O3. The number of nitrogens with zero attached hydrogens (tertiary/aromatic N) is 2. The third-order valence-electron chi connectivity index (χ3n) is 3.14. The zero-order valence-corrected chi connectivity index (χ0v) is 12.0. The summed E-state index contributed by atoms with van der Waals surface area (Å²) in [6.45, 7) is 0.467. The summed E-state index contributed by atoms with van der Waals surface area (Å²) < 4.78 is 0. The van der Waals surface area contributed by atoms with E-state index in [4.69, 9.17) is 10.8 Å². The van der Waals surface area contributed by atoms with Crippen LogP contribution >= 0.6 is 0 Å². The van der Waals surface area contributed by atoms with E-state index in [2.05, 4.69) is 4.98 Å². The van der Waals surface area contributed by atoms with Gasteiger partial charge in [-0.05, 0) is 17.7 Å². The van der Waals surface area contributed by atoms with Crippen molar-refractivity contribution in [3.63, 3.8) is 0 Å². The average Bonchev–Trinajstić information content (AvgIpc) is 2.55. The predicted molar refractivity (Wildman–Crippen MR) is 81.0 cm³/mol. The monoisotopic (exact) mass is 299 g/mol. The molecule has 0 unspecified atom stereocenters. The molecule has 0 saturated carbocycles. The van der Waals surface area contributed by atoms with Gasteiger partial charge in [-0.15, -0.1) is 0 Å². The van der Waals surface area contributed by atoms with Gasteiger partial charge in [0.2, 0.25) is 0 Å². The normalized spacial score (nSPS) is 10.2. The molecule has 1 heterocycles. The fourth-order valence-corrected chi connectivity index (χ4v) is 2.03. The van der Waals surface area contributed by atoms with Gasteiger partial charge in [0.15, 0.2) is 0 Å². The second kappa shape index (κ2) is 7.33. The van der Waals surface area contributed by atoms with E-state index in [1.807, 2.05) is 30.3 Å². The van der Waals surface area contributed by atoms with E-state index in [0.717, 1.165) is 5.56 Å². The van der Waals surface area contributed by atoms with Gasteiger partial charge in [0.1, 0.15) is 5.69 Å². The number of amides is 2. The summed E-state index contributed by atoms with van der Waals surface area (Å²) in [7, 11) is 0. The van der Waals surface area contributed by atoms with Gasteiger partial charge in [0.05, 0.1) is 12.2 Å². The second-order valence-corrected chi connectivity index (χ2v) is 4.73. The predicted octanol–water partition coefficient (Wildman–Crippen LogP) is 0.815. The van der Waals surface area contributed by atoms with Crippen molar-refractivity contribution in [2.75, 3.05) is 13.2 Å². The topological polar surface area (TPSA) is 96.5 Å². The molecule has 0 spiro atoms. The van der Waals surface area contributed by atoms with Crippen molar-refractivity contribution >= 4 is 11.8 Å². The first kappa shape index (κ1) is 15.7. The molecule has 0 aliphatic heterocycles. The van der Waals surface area contributed by atoms with Gasteiger partial charge in [-0.1, -0.05) is 30.3 Å². The first-order chi connectivity index (χ1) is 10.6. The third kappa shape index (κ3) is 3.89. The van der Waals surface area contributed by atoms with Crippen LogP contribution in [0.15, 0.2) is 48.7 Å². The van der Waals surface area contributed by atoms with E-state index >= 15 is 0 Å². The molecule has 22 heavy (non-hydrogen) atoms. The van der Waals surface area contributed by atoms with Crippen molar-refractivity contribution in [3.8, 4) is 0 Å². The Balaban J connectivity index is 2.16. The van der Waals surface area contributed by atoms with Crippen LogP contribution in [-0.2, 0) is 6.54 Å². The minimum atomic E-state index is -0.643. The Hall–Kier alpha value is -2.73.